The molecule has 14 heavy (non-hydrogen) atoms. The molecule has 0 amide bonds. The van der Waals surface area contributed by atoms with Gasteiger partial charge < -0.3 is 9.84 Å². The lowest BCUT2D eigenvalue weighted by Crippen LogP contribution is -2.30. The minimum Gasteiger partial charge on any atom is -0.453 e. The van der Waals surface area contributed by atoms with Gasteiger partial charge in [-0.2, -0.15) is 0 Å². The van der Waals surface area contributed by atoms with Crippen LogP contribution in [0.1, 0.15) is 27.2 Å². The van der Waals surface area contributed by atoms with Crippen LogP contribution < -0.4 is 0 Å². The number of rotatable bonds is 5. The highest BCUT2D eigenvalue weighted by Gasteiger charge is 2.21. The Hall–Kier alpha value is -1.23. The topological polar surface area (TPSA) is 80.7 Å². The molecule has 1 N–H and O–H groups in total. The molecule has 0 aliphatic carbocycles. The van der Waals surface area contributed by atoms with E-state index in [1.54, 1.807) is 0 Å². The van der Waals surface area contributed by atoms with Crippen molar-refractivity contribution < 1.29 is 24.2 Å². The van der Waals surface area contributed by atoms with E-state index in [4.69, 9.17) is 5.11 Å². The molecule has 5 heteroatoms. The summed E-state index contributed by atoms with van der Waals surface area (Å²) in [7, 11) is 0. The van der Waals surface area contributed by atoms with Crippen molar-refractivity contribution in [1.82, 2.24) is 0 Å². The third-order valence-electron chi connectivity index (χ3n) is 1.51. The zero-order valence-electron chi connectivity index (χ0n) is 8.44. The Morgan fingerprint density at radius 1 is 1.29 bits per heavy atom. The number of hydrogen-bond acceptors (Lipinski definition) is 5. The van der Waals surface area contributed by atoms with Gasteiger partial charge in [0.15, 0.2) is 11.9 Å². The summed E-state index contributed by atoms with van der Waals surface area (Å²) in [6.07, 6.45) is -2.50. The average Bonchev–Trinajstić information content (AvgIpc) is 2.02. The lowest BCUT2D eigenvalue weighted by molar-refractivity contribution is -0.161. The molecule has 5 nitrogen and oxygen atoms in total. The number of carbonyl (C=O) groups excluding carboxylic acids is 3. The molecule has 0 aromatic carbocycles. The molecule has 0 saturated heterocycles. The first kappa shape index (κ1) is 12.8. The van der Waals surface area contributed by atoms with Gasteiger partial charge in [0, 0.05) is 0 Å². The number of aliphatic hydroxyl groups is 1. The molecular weight excluding hydrogens is 188 g/mol. The molecule has 0 heterocycles. The Morgan fingerprint density at radius 3 is 2.14 bits per heavy atom. The fourth-order valence-electron chi connectivity index (χ4n) is 0.728. The third kappa shape index (κ3) is 4.71. The molecule has 0 saturated carbocycles. The van der Waals surface area contributed by atoms with Gasteiger partial charge in [-0.15, -0.1) is 0 Å². The fourth-order valence-corrected chi connectivity index (χ4v) is 0.728. The molecule has 0 rings (SSSR count). The SMILES string of the molecule is CC(=O)CC(=O)C(C)OC(=O)C(C)O. The second-order valence-electron chi connectivity index (χ2n) is 3.10. The maximum atomic E-state index is 11.1. The largest absolute Gasteiger partial charge is 0.453 e. The Morgan fingerprint density at radius 2 is 1.79 bits per heavy atom. The average molecular weight is 202 g/mol. The minimum atomic E-state index is -1.26. The van der Waals surface area contributed by atoms with Crippen molar-refractivity contribution in [2.24, 2.45) is 0 Å². The van der Waals surface area contributed by atoms with Crippen LogP contribution in [0.2, 0.25) is 0 Å². The summed E-state index contributed by atoms with van der Waals surface area (Å²) < 4.78 is 4.58. The molecule has 0 fully saturated rings. The maximum absolute atomic E-state index is 11.1. The summed E-state index contributed by atoms with van der Waals surface area (Å²) in [5.74, 6) is -1.61. The first-order valence-corrected chi connectivity index (χ1v) is 4.25. The molecule has 2 atom stereocenters. The fraction of sp³-hybridized carbons (Fsp3) is 0.667. The minimum absolute atomic E-state index is 0.256. The zero-order valence-corrected chi connectivity index (χ0v) is 8.44. The van der Waals surface area contributed by atoms with Crippen LogP contribution in [0.3, 0.4) is 0 Å². The van der Waals surface area contributed by atoms with E-state index in [-0.39, 0.29) is 12.2 Å². The molecule has 80 valence electrons. The van der Waals surface area contributed by atoms with Gasteiger partial charge in [0.2, 0.25) is 0 Å². The summed E-state index contributed by atoms with van der Waals surface area (Å²) >= 11 is 0. The van der Waals surface area contributed by atoms with Gasteiger partial charge in [-0.3, -0.25) is 9.59 Å². The van der Waals surface area contributed by atoms with Gasteiger partial charge in [0.1, 0.15) is 11.9 Å². The van der Waals surface area contributed by atoms with Crippen molar-refractivity contribution in [1.29, 1.82) is 0 Å². The predicted molar refractivity (Wildman–Crippen MR) is 47.5 cm³/mol. The molecule has 0 aliphatic rings. The molecule has 0 bridgehead atoms. The second kappa shape index (κ2) is 5.49. The predicted octanol–water partition coefficient (Wildman–Crippen LogP) is -0.153. The van der Waals surface area contributed by atoms with Gasteiger partial charge in [0.25, 0.3) is 0 Å². The number of hydrogen-bond donors (Lipinski definition) is 1. The van der Waals surface area contributed by atoms with Crippen molar-refractivity contribution in [2.75, 3.05) is 0 Å². The van der Waals surface area contributed by atoms with Crippen LogP contribution in [0.4, 0.5) is 0 Å². The summed E-state index contributed by atoms with van der Waals surface area (Å²) in [6.45, 7) is 3.89. The van der Waals surface area contributed by atoms with Crippen LogP contribution in [0.15, 0.2) is 0 Å². The first-order valence-electron chi connectivity index (χ1n) is 4.25. The lowest BCUT2D eigenvalue weighted by Gasteiger charge is -2.12. The number of carbonyl (C=O) groups is 3. The number of Topliss-reactive ketones (excluding diaryl/α,β-unsaturated/α-hetero) is 2. The number of esters is 1. The Kier molecular flexibility index (Phi) is 5.01. The third-order valence-corrected chi connectivity index (χ3v) is 1.51. The summed E-state index contributed by atoms with van der Waals surface area (Å²) in [5, 5.41) is 8.78. The van der Waals surface area contributed by atoms with Gasteiger partial charge in [-0.25, -0.2) is 4.79 Å². The molecule has 0 aromatic rings. The van der Waals surface area contributed by atoms with Gasteiger partial charge in [-0.05, 0) is 20.8 Å². The van der Waals surface area contributed by atoms with E-state index >= 15 is 0 Å². The Balaban J connectivity index is 4.08. The van der Waals surface area contributed by atoms with Crippen molar-refractivity contribution in [3.63, 3.8) is 0 Å². The number of ether oxygens (including phenoxy) is 1. The van der Waals surface area contributed by atoms with Crippen LogP contribution in [-0.2, 0) is 19.1 Å². The van der Waals surface area contributed by atoms with Gasteiger partial charge >= 0.3 is 5.97 Å². The molecule has 0 spiro atoms. The standard InChI is InChI=1S/C9H14O5/c1-5(10)4-8(12)7(3)14-9(13)6(2)11/h6-7,11H,4H2,1-3H3. The summed E-state index contributed by atoms with van der Waals surface area (Å²) in [4.78, 5) is 32.5. The van der Waals surface area contributed by atoms with Crippen molar-refractivity contribution in [3.05, 3.63) is 0 Å². The van der Waals surface area contributed by atoms with E-state index in [0.29, 0.717) is 0 Å². The Bertz CT molecular complexity index is 244. The van der Waals surface area contributed by atoms with Crippen molar-refractivity contribution in [2.45, 2.75) is 39.4 Å². The second-order valence-corrected chi connectivity index (χ2v) is 3.10. The van der Waals surface area contributed by atoms with E-state index in [1.807, 2.05) is 0 Å². The molecular formula is C9H14O5. The Labute approximate surface area is 82.1 Å². The van der Waals surface area contributed by atoms with Gasteiger partial charge in [-0.1, -0.05) is 0 Å². The maximum Gasteiger partial charge on any atom is 0.335 e. The number of ketones is 2. The van der Waals surface area contributed by atoms with Gasteiger partial charge in [0.05, 0.1) is 6.42 Å². The molecule has 0 radical (unpaired) electrons. The van der Waals surface area contributed by atoms with Crippen molar-refractivity contribution >= 4 is 17.5 Å². The monoisotopic (exact) mass is 202 g/mol. The molecule has 2 unspecified atom stereocenters. The summed E-state index contributed by atoms with van der Waals surface area (Å²) in [5.41, 5.74) is 0. The lowest BCUT2D eigenvalue weighted by atomic mass is 10.1. The highest BCUT2D eigenvalue weighted by molar-refractivity contribution is 6.00. The molecule has 0 aromatic heterocycles. The smallest absolute Gasteiger partial charge is 0.335 e. The zero-order chi connectivity index (χ0) is 11.3. The van der Waals surface area contributed by atoms with Crippen molar-refractivity contribution in [3.8, 4) is 0 Å². The van der Waals surface area contributed by atoms with Crippen LogP contribution in [0.5, 0.6) is 0 Å². The van der Waals surface area contributed by atoms with Crippen LogP contribution in [0.25, 0.3) is 0 Å². The first-order chi connectivity index (χ1) is 6.34. The normalized spacial score (nSPS) is 14.3. The quantitative estimate of drug-likeness (QED) is 0.495. The highest BCUT2D eigenvalue weighted by atomic mass is 16.6. The van der Waals surface area contributed by atoms with E-state index in [9.17, 15) is 14.4 Å². The van der Waals surface area contributed by atoms with Crippen LogP contribution in [-0.4, -0.2) is 34.9 Å². The van der Waals surface area contributed by atoms with Crippen LogP contribution in [0, 0.1) is 0 Å². The van der Waals surface area contributed by atoms with Crippen LogP contribution >= 0.6 is 0 Å². The molecule has 0 aliphatic heterocycles. The van der Waals surface area contributed by atoms with E-state index < -0.39 is 24.0 Å². The van der Waals surface area contributed by atoms with E-state index in [2.05, 4.69) is 4.74 Å². The highest BCUT2D eigenvalue weighted by Crippen LogP contribution is 2.00. The number of aliphatic hydroxyl groups excluding tert-OH is 1. The summed E-state index contributed by atoms with van der Waals surface area (Å²) in [6, 6.07) is 0. The van der Waals surface area contributed by atoms with E-state index in [0.717, 1.165) is 0 Å². The van der Waals surface area contributed by atoms with E-state index in [1.165, 1.54) is 20.8 Å².